The molecule has 220 valence electrons. The average molecular weight is 688 g/mol. The molecule has 13 heteroatoms. The number of carboxylic acids is 1. The number of carboxylic acid groups (broad SMARTS) is 1. The van der Waals surface area contributed by atoms with Gasteiger partial charge in [-0.25, -0.2) is 4.79 Å². The van der Waals surface area contributed by atoms with Gasteiger partial charge in [-0.3, -0.25) is 0 Å². The van der Waals surface area contributed by atoms with Crippen LogP contribution in [0.25, 0.3) is 0 Å². The van der Waals surface area contributed by atoms with Gasteiger partial charge in [0.05, 0.1) is 3.57 Å². The van der Waals surface area contributed by atoms with E-state index in [4.69, 9.17) is 18.9 Å². The molecule has 0 saturated carbocycles. The number of halogens is 7. The van der Waals surface area contributed by atoms with Crippen molar-refractivity contribution in [2.75, 3.05) is 26.4 Å². The lowest BCUT2D eigenvalue weighted by Crippen LogP contribution is -2.35. The van der Waals surface area contributed by atoms with Crippen LogP contribution in [0.2, 0.25) is 0 Å². The standard InChI is InChI=1S/C27H27F6IO6/c1-3-37-23(24(35)36)14-19-6-7-22(21(34)13-19)38-12-9-18(2)8-11-25(40-17-27(31,32)33)10-4-5-20(15-25)39-16-26(28,29)30/h4-7,9-10,13,23H,3,12,14-17H2,1-2H3,(H,35,36)/b18-9-/t23-,25?/m0/s1. The SMILES string of the molecule is CCO[C@@H](Cc1ccc(OC/C=C(/C)C#CC2(OCC(F)(F)F)C=CC=C(OCC(F)(F)F)C2)c(I)c1)C(=O)O. The highest BCUT2D eigenvalue weighted by Gasteiger charge is 2.38. The molecular formula is C27H27F6IO6. The first-order chi connectivity index (χ1) is 18.6. The van der Waals surface area contributed by atoms with Crippen molar-refractivity contribution in [2.24, 2.45) is 0 Å². The lowest BCUT2D eigenvalue weighted by Gasteiger charge is -2.29. The summed E-state index contributed by atoms with van der Waals surface area (Å²) in [6.07, 6.45) is -5.27. The lowest BCUT2D eigenvalue weighted by molar-refractivity contribution is -0.191. The summed E-state index contributed by atoms with van der Waals surface area (Å²) in [5.74, 6) is 4.52. The predicted octanol–water partition coefficient (Wildman–Crippen LogP) is 6.39. The molecule has 0 aliphatic heterocycles. The summed E-state index contributed by atoms with van der Waals surface area (Å²) in [7, 11) is 0. The number of allylic oxidation sites excluding steroid dienone is 3. The van der Waals surface area contributed by atoms with Gasteiger partial charge in [0.25, 0.3) is 0 Å². The van der Waals surface area contributed by atoms with Crippen LogP contribution in [-0.4, -0.2) is 61.6 Å². The van der Waals surface area contributed by atoms with E-state index in [0.717, 1.165) is 9.13 Å². The summed E-state index contributed by atoms with van der Waals surface area (Å²) < 4.78 is 97.5. The monoisotopic (exact) mass is 688 g/mol. The number of aliphatic carboxylic acids is 1. The van der Waals surface area contributed by atoms with E-state index in [0.29, 0.717) is 11.3 Å². The molecule has 1 unspecified atom stereocenters. The molecule has 0 heterocycles. The fourth-order valence-electron chi connectivity index (χ4n) is 3.33. The van der Waals surface area contributed by atoms with E-state index in [1.165, 1.54) is 18.2 Å². The van der Waals surface area contributed by atoms with Gasteiger partial charge < -0.3 is 24.1 Å². The molecule has 0 radical (unpaired) electrons. The van der Waals surface area contributed by atoms with E-state index < -0.39 is 49.7 Å². The van der Waals surface area contributed by atoms with E-state index in [-0.39, 0.29) is 25.4 Å². The van der Waals surface area contributed by atoms with Crippen LogP contribution in [-0.2, 0) is 25.4 Å². The number of carbonyl (C=O) groups is 1. The van der Waals surface area contributed by atoms with E-state index in [1.807, 2.05) is 22.6 Å². The van der Waals surface area contributed by atoms with Crippen LogP contribution in [0, 0.1) is 15.4 Å². The highest BCUT2D eigenvalue weighted by molar-refractivity contribution is 14.1. The Morgan fingerprint density at radius 1 is 1.18 bits per heavy atom. The van der Waals surface area contributed by atoms with Crippen molar-refractivity contribution in [1.29, 1.82) is 0 Å². The highest BCUT2D eigenvalue weighted by Crippen LogP contribution is 2.31. The molecule has 1 aliphatic carbocycles. The summed E-state index contributed by atoms with van der Waals surface area (Å²) in [6, 6.07) is 5.16. The van der Waals surface area contributed by atoms with Crippen LogP contribution in [0.15, 0.2) is 53.8 Å². The van der Waals surface area contributed by atoms with Crippen LogP contribution >= 0.6 is 22.6 Å². The van der Waals surface area contributed by atoms with Crippen molar-refractivity contribution in [3.63, 3.8) is 0 Å². The zero-order chi connectivity index (χ0) is 30.0. The van der Waals surface area contributed by atoms with Crippen LogP contribution in [0.4, 0.5) is 26.3 Å². The Kier molecular flexibility index (Phi) is 12.4. The number of hydrogen-bond acceptors (Lipinski definition) is 5. The Morgan fingerprint density at radius 3 is 2.48 bits per heavy atom. The summed E-state index contributed by atoms with van der Waals surface area (Å²) in [5, 5.41) is 9.25. The third-order valence-electron chi connectivity index (χ3n) is 5.16. The summed E-state index contributed by atoms with van der Waals surface area (Å²) >= 11 is 2.04. The van der Waals surface area contributed by atoms with Crippen molar-refractivity contribution >= 4 is 28.6 Å². The van der Waals surface area contributed by atoms with Gasteiger partial charge in [-0.05, 0) is 77.9 Å². The fourth-order valence-corrected chi connectivity index (χ4v) is 4.06. The minimum atomic E-state index is -4.68. The van der Waals surface area contributed by atoms with Gasteiger partial charge in [-0.2, -0.15) is 26.3 Å². The summed E-state index contributed by atoms with van der Waals surface area (Å²) in [4.78, 5) is 11.3. The molecule has 0 fully saturated rings. The molecule has 0 amide bonds. The van der Waals surface area contributed by atoms with Gasteiger partial charge >= 0.3 is 18.3 Å². The molecule has 0 saturated heterocycles. The van der Waals surface area contributed by atoms with E-state index in [1.54, 1.807) is 38.1 Å². The van der Waals surface area contributed by atoms with Crippen LogP contribution in [0.5, 0.6) is 5.75 Å². The Hall–Kier alpha value is -2.70. The maximum atomic E-state index is 12.8. The maximum absolute atomic E-state index is 12.8. The first-order valence-corrected chi connectivity index (χ1v) is 12.9. The number of hydrogen-bond donors (Lipinski definition) is 1. The molecule has 1 aromatic rings. The first-order valence-electron chi connectivity index (χ1n) is 11.9. The van der Waals surface area contributed by atoms with Crippen molar-refractivity contribution in [2.45, 2.75) is 50.7 Å². The van der Waals surface area contributed by atoms with E-state index >= 15 is 0 Å². The van der Waals surface area contributed by atoms with Gasteiger partial charge in [0, 0.05) is 19.4 Å². The molecular weight excluding hydrogens is 661 g/mol. The number of alkyl halides is 6. The fraction of sp³-hybridized carbons (Fsp3) is 0.444. The van der Waals surface area contributed by atoms with Crippen LogP contribution in [0.3, 0.4) is 0 Å². The smallest absolute Gasteiger partial charge is 0.422 e. The van der Waals surface area contributed by atoms with Gasteiger partial charge in [0.2, 0.25) is 0 Å². The average Bonchev–Trinajstić information content (AvgIpc) is 2.85. The van der Waals surface area contributed by atoms with Gasteiger partial charge in [-0.1, -0.05) is 24.0 Å². The van der Waals surface area contributed by atoms with E-state index in [9.17, 15) is 36.2 Å². The largest absolute Gasteiger partial charge is 0.488 e. The topological polar surface area (TPSA) is 74.2 Å². The Morgan fingerprint density at radius 2 is 1.88 bits per heavy atom. The molecule has 1 aliphatic rings. The molecule has 1 N–H and O–H groups in total. The Labute approximate surface area is 241 Å². The number of benzene rings is 1. The molecule has 0 aromatic heterocycles. The van der Waals surface area contributed by atoms with Crippen molar-refractivity contribution < 1.29 is 55.2 Å². The third-order valence-corrected chi connectivity index (χ3v) is 6.00. The van der Waals surface area contributed by atoms with Crippen LogP contribution in [0.1, 0.15) is 25.8 Å². The lowest BCUT2D eigenvalue weighted by atomic mass is 9.93. The first kappa shape index (κ1) is 33.5. The Balaban J connectivity index is 2.09. The van der Waals surface area contributed by atoms with Crippen LogP contribution < -0.4 is 4.74 Å². The second-order valence-corrected chi connectivity index (χ2v) is 9.73. The quantitative estimate of drug-likeness (QED) is 0.156. The molecule has 6 nitrogen and oxygen atoms in total. The number of rotatable bonds is 12. The van der Waals surface area contributed by atoms with Gasteiger partial charge in [0.1, 0.15) is 24.7 Å². The van der Waals surface area contributed by atoms with Crippen molar-refractivity contribution in [1.82, 2.24) is 0 Å². The summed E-state index contributed by atoms with van der Waals surface area (Å²) in [6.45, 7) is 0.358. The normalized spacial score (nSPS) is 18.4. The van der Waals surface area contributed by atoms with Crippen molar-refractivity contribution in [3.05, 3.63) is 63.0 Å². The highest BCUT2D eigenvalue weighted by atomic mass is 127. The minimum absolute atomic E-state index is 0.0542. The Bertz CT molecular complexity index is 1180. The van der Waals surface area contributed by atoms with Gasteiger partial charge in [0.15, 0.2) is 18.3 Å². The zero-order valence-corrected chi connectivity index (χ0v) is 23.7. The zero-order valence-electron chi connectivity index (χ0n) is 21.5. The molecule has 2 rings (SSSR count). The molecule has 0 spiro atoms. The molecule has 2 atom stereocenters. The second-order valence-electron chi connectivity index (χ2n) is 8.57. The van der Waals surface area contributed by atoms with Gasteiger partial charge in [-0.15, -0.1) is 0 Å². The molecule has 1 aromatic carbocycles. The maximum Gasteiger partial charge on any atom is 0.422 e. The second kappa shape index (κ2) is 14.8. The molecule has 40 heavy (non-hydrogen) atoms. The minimum Gasteiger partial charge on any atom is -0.488 e. The molecule has 0 bridgehead atoms. The summed E-state index contributed by atoms with van der Waals surface area (Å²) in [5.41, 5.74) is -0.683. The van der Waals surface area contributed by atoms with Crippen molar-refractivity contribution in [3.8, 4) is 17.6 Å². The van der Waals surface area contributed by atoms with E-state index in [2.05, 4.69) is 11.8 Å². The third kappa shape index (κ3) is 12.2. The predicted molar refractivity (Wildman–Crippen MR) is 142 cm³/mol. The number of ether oxygens (including phenoxy) is 4.